The summed E-state index contributed by atoms with van der Waals surface area (Å²) >= 11 is 11.9. The molecule has 20 heavy (non-hydrogen) atoms. The lowest BCUT2D eigenvalue weighted by atomic mass is 9.94. The van der Waals surface area contributed by atoms with Crippen molar-refractivity contribution < 1.29 is 9.53 Å². The van der Waals surface area contributed by atoms with E-state index in [9.17, 15) is 4.79 Å². The summed E-state index contributed by atoms with van der Waals surface area (Å²) in [6.07, 6.45) is -0.315. The molecule has 4 nitrogen and oxygen atoms in total. The molecule has 0 spiro atoms. The molecule has 1 heterocycles. The minimum absolute atomic E-state index is 0. The number of rotatable bonds is 2. The molecule has 2 rings (SSSR count). The molecule has 0 bridgehead atoms. The average molecular weight is 340 g/mol. The van der Waals surface area contributed by atoms with Crippen molar-refractivity contribution in [3.8, 4) is 0 Å². The molecule has 1 aromatic carbocycles. The van der Waals surface area contributed by atoms with Gasteiger partial charge in [-0.15, -0.1) is 12.4 Å². The van der Waals surface area contributed by atoms with Gasteiger partial charge in [0.15, 0.2) is 0 Å². The molecule has 1 aromatic rings. The Morgan fingerprint density at radius 3 is 2.80 bits per heavy atom. The predicted molar refractivity (Wildman–Crippen MR) is 82.8 cm³/mol. The summed E-state index contributed by atoms with van der Waals surface area (Å²) in [6.45, 7) is 1.86. The standard InChI is InChI=1S/C13H16Cl2N2O2.ClH/c1-16-13(18)9-7-17-4-5-19-12(9)8-2-3-10(14)11(15)6-8;/h2-3,6,9,12,17H,4-5,7H2,1H3,(H,16,18);1H/t9-,12+;/m1./s1. The van der Waals surface area contributed by atoms with Gasteiger partial charge in [-0.05, 0) is 17.7 Å². The van der Waals surface area contributed by atoms with Crippen molar-refractivity contribution in [2.24, 2.45) is 5.92 Å². The van der Waals surface area contributed by atoms with Crippen LogP contribution in [0.4, 0.5) is 0 Å². The van der Waals surface area contributed by atoms with Crippen LogP contribution in [0.2, 0.25) is 10.0 Å². The molecule has 1 aliphatic heterocycles. The highest BCUT2D eigenvalue weighted by molar-refractivity contribution is 6.42. The van der Waals surface area contributed by atoms with Gasteiger partial charge in [-0.3, -0.25) is 4.79 Å². The van der Waals surface area contributed by atoms with Crippen molar-refractivity contribution in [2.75, 3.05) is 26.7 Å². The van der Waals surface area contributed by atoms with Crippen LogP contribution in [0.15, 0.2) is 18.2 Å². The highest BCUT2D eigenvalue weighted by atomic mass is 35.5. The fourth-order valence-corrected chi connectivity index (χ4v) is 2.48. The number of nitrogens with one attached hydrogen (secondary N) is 2. The number of halogens is 3. The van der Waals surface area contributed by atoms with Crippen LogP contribution in [0.25, 0.3) is 0 Å². The smallest absolute Gasteiger partial charge is 0.227 e. The Hall–Kier alpha value is -0.520. The Bertz CT molecular complexity index is 471. The van der Waals surface area contributed by atoms with Gasteiger partial charge in [0.2, 0.25) is 5.91 Å². The molecule has 0 aliphatic carbocycles. The molecule has 0 radical (unpaired) electrons. The summed E-state index contributed by atoms with van der Waals surface area (Å²) in [5.41, 5.74) is 0.867. The molecular formula is C13H17Cl3N2O2. The summed E-state index contributed by atoms with van der Waals surface area (Å²) in [6, 6.07) is 5.33. The van der Waals surface area contributed by atoms with Crippen molar-refractivity contribution in [3.05, 3.63) is 33.8 Å². The molecule has 7 heteroatoms. The largest absolute Gasteiger partial charge is 0.371 e. The maximum absolute atomic E-state index is 12.0. The number of hydrogen-bond donors (Lipinski definition) is 2. The molecule has 0 unspecified atom stereocenters. The Kier molecular flexibility index (Phi) is 7.06. The lowest BCUT2D eigenvalue weighted by Gasteiger charge is -2.24. The Morgan fingerprint density at radius 2 is 2.15 bits per heavy atom. The van der Waals surface area contributed by atoms with Gasteiger partial charge in [-0.1, -0.05) is 29.3 Å². The third-order valence-corrected chi connectivity index (χ3v) is 3.90. The van der Waals surface area contributed by atoms with Crippen LogP contribution < -0.4 is 10.6 Å². The van der Waals surface area contributed by atoms with Gasteiger partial charge in [0, 0.05) is 20.1 Å². The van der Waals surface area contributed by atoms with Crippen molar-refractivity contribution >= 4 is 41.5 Å². The topological polar surface area (TPSA) is 50.4 Å². The first-order chi connectivity index (χ1) is 9.13. The second kappa shape index (κ2) is 8.05. The van der Waals surface area contributed by atoms with Gasteiger partial charge in [0.25, 0.3) is 0 Å². The highest BCUT2D eigenvalue weighted by Gasteiger charge is 2.31. The first-order valence-electron chi connectivity index (χ1n) is 6.12. The normalized spacial score (nSPS) is 22.6. The van der Waals surface area contributed by atoms with Crippen LogP contribution in [-0.4, -0.2) is 32.7 Å². The second-order valence-electron chi connectivity index (χ2n) is 4.39. The van der Waals surface area contributed by atoms with Crippen LogP contribution in [0.3, 0.4) is 0 Å². The second-order valence-corrected chi connectivity index (χ2v) is 5.20. The van der Waals surface area contributed by atoms with Crippen LogP contribution in [0.1, 0.15) is 11.7 Å². The number of ether oxygens (including phenoxy) is 1. The molecule has 1 fully saturated rings. The van der Waals surface area contributed by atoms with E-state index in [-0.39, 0.29) is 30.3 Å². The zero-order valence-electron chi connectivity index (χ0n) is 11.0. The first kappa shape index (κ1) is 17.5. The molecule has 2 N–H and O–H groups in total. The van der Waals surface area contributed by atoms with Gasteiger partial charge in [0.05, 0.1) is 28.7 Å². The number of benzene rings is 1. The van der Waals surface area contributed by atoms with Crippen molar-refractivity contribution in [1.29, 1.82) is 0 Å². The molecule has 0 saturated carbocycles. The zero-order valence-corrected chi connectivity index (χ0v) is 13.3. The van der Waals surface area contributed by atoms with E-state index in [0.717, 1.165) is 12.1 Å². The predicted octanol–water partition coefficient (Wildman–Crippen LogP) is 2.44. The fourth-order valence-electron chi connectivity index (χ4n) is 2.17. The molecule has 1 aliphatic rings. The molecule has 2 atom stereocenters. The van der Waals surface area contributed by atoms with Crippen LogP contribution in [0, 0.1) is 5.92 Å². The van der Waals surface area contributed by atoms with Crippen molar-refractivity contribution in [3.63, 3.8) is 0 Å². The first-order valence-corrected chi connectivity index (χ1v) is 6.88. The molecular weight excluding hydrogens is 323 g/mol. The van der Waals surface area contributed by atoms with E-state index in [1.807, 2.05) is 6.07 Å². The summed E-state index contributed by atoms with van der Waals surface area (Å²) in [4.78, 5) is 12.0. The highest BCUT2D eigenvalue weighted by Crippen LogP contribution is 2.32. The lowest BCUT2D eigenvalue weighted by molar-refractivity contribution is -0.129. The van der Waals surface area contributed by atoms with Crippen LogP contribution >= 0.6 is 35.6 Å². The average Bonchev–Trinajstić information content (AvgIpc) is 2.66. The maximum Gasteiger partial charge on any atom is 0.227 e. The van der Waals surface area contributed by atoms with E-state index in [0.29, 0.717) is 23.2 Å². The minimum Gasteiger partial charge on any atom is -0.371 e. The SMILES string of the molecule is CNC(=O)[C@@H]1CNCCO[C@H]1c1ccc(Cl)c(Cl)c1.Cl. The Labute approximate surface area is 134 Å². The lowest BCUT2D eigenvalue weighted by Crippen LogP contribution is -2.37. The van der Waals surface area contributed by atoms with E-state index in [1.54, 1.807) is 19.2 Å². The molecule has 112 valence electrons. The third-order valence-electron chi connectivity index (χ3n) is 3.16. The third kappa shape index (κ3) is 3.99. The maximum atomic E-state index is 12.0. The van der Waals surface area contributed by atoms with Crippen LogP contribution in [-0.2, 0) is 9.53 Å². The molecule has 1 saturated heterocycles. The van der Waals surface area contributed by atoms with Gasteiger partial charge in [-0.25, -0.2) is 0 Å². The quantitative estimate of drug-likeness (QED) is 0.870. The van der Waals surface area contributed by atoms with E-state index < -0.39 is 0 Å². The number of carbonyl (C=O) groups is 1. The monoisotopic (exact) mass is 338 g/mol. The number of amides is 1. The number of carbonyl (C=O) groups excluding carboxylic acids is 1. The van der Waals surface area contributed by atoms with Crippen molar-refractivity contribution in [2.45, 2.75) is 6.10 Å². The van der Waals surface area contributed by atoms with E-state index in [4.69, 9.17) is 27.9 Å². The summed E-state index contributed by atoms with van der Waals surface area (Å²) < 4.78 is 5.79. The number of hydrogen-bond acceptors (Lipinski definition) is 3. The van der Waals surface area contributed by atoms with Gasteiger partial charge in [-0.2, -0.15) is 0 Å². The van der Waals surface area contributed by atoms with Gasteiger partial charge < -0.3 is 15.4 Å². The van der Waals surface area contributed by atoms with E-state index in [2.05, 4.69) is 10.6 Å². The van der Waals surface area contributed by atoms with Gasteiger partial charge >= 0.3 is 0 Å². The summed E-state index contributed by atoms with van der Waals surface area (Å²) in [5.74, 6) is -0.338. The van der Waals surface area contributed by atoms with Crippen molar-refractivity contribution in [1.82, 2.24) is 10.6 Å². The van der Waals surface area contributed by atoms with Crippen LogP contribution in [0.5, 0.6) is 0 Å². The Morgan fingerprint density at radius 1 is 1.40 bits per heavy atom. The zero-order chi connectivity index (χ0) is 13.8. The summed E-state index contributed by atoms with van der Waals surface area (Å²) in [7, 11) is 1.62. The molecule has 0 aromatic heterocycles. The van der Waals surface area contributed by atoms with E-state index >= 15 is 0 Å². The van der Waals surface area contributed by atoms with Gasteiger partial charge in [0.1, 0.15) is 0 Å². The Balaban J connectivity index is 0.00000200. The fraction of sp³-hybridized carbons (Fsp3) is 0.462. The minimum atomic E-state index is -0.315. The molecule has 1 amide bonds. The van der Waals surface area contributed by atoms with E-state index in [1.165, 1.54) is 0 Å². The summed E-state index contributed by atoms with van der Waals surface area (Å²) in [5, 5.41) is 6.83.